The number of benzene rings is 1. The van der Waals surface area contributed by atoms with Crippen LogP contribution >= 0.6 is 11.6 Å². The molecule has 1 amide bonds. The van der Waals surface area contributed by atoms with Crippen molar-refractivity contribution in [3.05, 3.63) is 28.8 Å². The highest BCUT2D eigenvalue weighted by Crippen LogP contribution is 2.23. The number of nitrogens with two attached hydrogens (primary N) is 1. The van der Waals surface area contributed by atoms with Crippen molar-refractivity contribution in [1.29, 1.82) is 0 Å². The van der Waals surface area contributed by atoms with E-state index >= 15 is 0 Å². The maximum absolute atomic E-state index is 12.2. The Hall–Kier alpha value is -1.26. The van der Waals surface area contributed by atoms with Gasteiger partial charge in [-0.25, -0.2) is 0 Å². The van der Waals surface area contributed by atoms with Gasteiger partial charge in [0, 0.05) is 28.9 Å². The Bertz CT molecular complexity index is 435. The molecule has 1 atom stereocenters. The number of halogens is 1. The number of rotatable bonds is 4. The lowest BCUT2D eigenvalue weighted by molar-refractivity contribution is 0.0885. The number of hydrogen-bond donors (Lipinski definition) is 3. The van der Waals surface area contributed by atoms with Crippen molar-refractivity contribution in [1.82, 2.24) is 5.32 Å². The Morgan fingerprint density at radius 2 is 2.05 bits per heavy atom. The summed E-state index contributed by atoms with van der Waals surface area (Å²) < 4.78 is 0. The molecule has 0 saturated carbocycles. The van der Waals surface area contributed by atoms with Crippen LogP contribution in [0.5, 0.6) is 0 Å². The van der Waals surface area contributed by atoms with E-state index < -0.39 is 0 Å². The molecule has 0 bridgehead atoms. The molecule has 4 nitrogen and oxygen atoms in total. The average molecular weight is 285 g/mol. The Kier molecular flexibility index (Phi) is 5.20. The molecule has 19 heavy (non-hydrogen) atoms. The van der Waals surface area contributed by atoms with Crippen LogP contribution in [0.25, 0.3) is 0 Å². The first kappa shape index (κ1) is 15.8. The first-order valence-electron chi connectivity index (χ1n) is 6.22. The Labute approximate surface area is 118 Å². The maximum atomic E-state index is 12.2. The van der Waals surface area contributed by atoms with Crippen LogP contribution in [0.15, 0.2) is 18.2 Å². The van der Waals surface area contributed by atoms with Gasteiger partial charge in [0.1, 0.15) is 0 Å². The monoisotopic (exact) mass is 284 g/mol. The van der Waals surface area contributed by atoms with Gasteiger partial charge in [-0.3, -0.25) is 4.79 Å². The lowest BCUT2D eigenvalue weighted by atomic mass is 9.84. The van der Waals surface area contributed by atoms with Gasteiger partial charge < -0.3 is 16.2 Å². The van der Waals surface area contributed by atoms with Crippen molar-refractivity contribution >= 4 is 23.2 Å². The van der Waals surface area contributed by atoms with Gasteiger partial charge in [-0.1, -0.05) is 32.4 Å². The fraction of sp³-hybridized carbons (Fsp3) is 0.500. The zero-order valence-electron chi connectivity index (χ0n) is 11.5. The topological polar surface area (TPSA) is 75.3 Å². The molecule has 0 fully saturated rings. The van der Waals surface area contributed by atoms with Crippen LogP contribution in [0, 0.1) is 5.41 Å². The minimum atomic E-state index is -0.234. The highest BCUT2D eigenvalue weighted by molar-refractivity contribution is 6.31. The molecule has 0 aliphatic carbocycles. The van der Waals surface area contributed by atoms with Gasteiger partial charge in [-0.15, -0.1) is 0 Å². The summed E-state index contributed by atoms with van der Waals surface area (Å²) in [6.45, 7) is 6.07. The van der Waals surface area contributed by atoms with Gasteiger partial charge in [0.2, 0.25) is 0 Å². The van der Waals surface area contributed by atoms with E-state index in [4.69, 9.17) is 22.4 Å². The number of amides is 1. The second kappa shape index (κ2) is 6.26. The second-order valence-electron chi connectivity index (χ2n) is 5.68. The maximum Gasteiger partial charge on any atom is 0.251 e. The standard InChI is InChI=1S/C14H21ClN2O2/c1-14(2,3)12(4-5-18)17-13(19)9-6-10(15)8-11(16)7-9/h6-8,12,18H,4-5,16H2,1-3H3,(H,17,19). The van der Waals surface area contributed by atoms with Crippen LogP contribution in [0.1, 0.15) is 37.6 Å². The minimum Gasteiger partial charge on any atom is -0.399 e. The molecular weight excluding hydrogens is 264 g/mol. The first-order chi connectivity index (χ1) is 8.74. The number of hydrogen-bond acceptors (Lipinski definition) is 3. The highest BCUT2D eigenvalue weighted by atomic mass is 35.5. The summed E-state index contributed by atoms with van der Waals surface area (Å²) in [4.78, 5) is 12.2. The summed E-state index contributed by atoms with van der Waals surface area (Å²) in [6, 6.07) is 4.63. The molecule has 4 N–H and O–H groups in total. The molecule has 0 radical (unpaired) electrons. The van der Waals surface area contributed by atoms with Gasteiger partial charge in [0.15, 0.2) is 0 Å². The second-order valence-corrected chi connectivity index (χ2v) is 6.11. The SMILES string of the molecule is CC(C)(C)C(CCO)NC(=O)c1cc(N)cc(Cl)c1. The van der Waals surface area contributed by atoms with Gasteiger partial charge >= 0.3 is 0 Å². The molecule has 1 unspecified atom stereocenters. The van der Waals surface area contributed by atoms with E-state index in [-0.39, 0.29) is 24.0 Å². The van der Waals surface area contributed by atoms with Crippen LogP contribution in [-0.2, 0) is 0 Å². The van der Waals surface area contributed by atoms with Crippen molar-refractivity contribution in [3.63, 3.8) is 0 Å². The lowest BCUT2D eigenvalue weighted by Gasteiger charge is -2.31. The average Bonchev–Trinajstić information content (AvgIpc) is 2.25. The molecule has 0 aliphatic rings. The molecule has 5 heteroatoms. The Balaban J connectivity index is 2.87. The van der Waals surface area contributed by atoms with E-state index in [0.29, 0.717) is 22.7 Å². The van der Waals surface area contributed by atoms with Crippen molar-refractivity contribution in [2.24, 2.45) is 5.41 Å². The Morgan fingerprint density at radius 3 is 2.53 bits per heavy atom. The Morgan fingerprint density at radius 1 is 1.42 bits per heavy atom. The van der Waals surface area contributed by atoms with Gasteiger partial charge in [0.05, 0.1) is 0 Å². The third-order valence-electron chi connectivity index (χ3n) is 2.95. The largest absolute Gasteiger partial charge is 0.399 e. The van der Waals surface area contributed by atoms with E-state index in [1.165, 1.54) is 0 Å². The zero-order valence-corrected chi connectivity index (χ0v) is 12.3. The fourth-order valence-electron chi connectivity index (χ4n) is 1.84. The summed E-state index contributed by atoms with van der Waals surface area (Å²) in [5.74, 6) is -0.234. The summed E-state index contributed by atoms with van der Waals surface area (Å²) in [6.07, 6.45) is 0.505. The zero-order chi connectivity index (χ0) is 14.6. The van der Waals surface area contributed by atoms with Crippen LogP contribution < -0.4 is 11.1 Å². The van der Waals surface area contributed by atoms with Crippen molar-refractivity contribution in [3.8, 4) is 0 Å². The molecular formula is C14H21ClN2O2. The number of nitrogens with one attached hydrogen (secondary N) is 1. The first-order valence-corrected chi connectivity index (χ1v) is 6.59. The third-order valence-corrected chi connectivity index (χ3v) is 3.17. The molecule has 0 aromatic heterocycles. The number of carbonyl (C=O) groups excluding carboxylic acids is 1. The third kappa shape index (κ3) is 4.73. The van der Waals surface area contributed by atoms with Crippen molar-refractivity contribution < 1.29 is 9.90 Å². The molecule has 0 heterocycles. The smallest absolute Gasteiger partial charge is 0.251 e. The normalized spacial score (nSPS) is 13.1. The number of aliphatic hydroxyl groups is 1. The number of aliphatic hydroxyl groups excluding tert-OH is 1. The van der Waals surface area contributed by atoms with Crippen LogP contribution in [-0.4, -0.2) is 23.7 Å². The number of anilines is 1. The van der Waals surface area contributed by atoms with Crippen molar-refractivity contribution in [2.75, 3.05) is 12.3 Å². The molecule has 106 valence electrons. The van der Waals surface area contributed by atoms with E-state index in [1.54, 1.807) is 18.2 Å². The van der Waals surface area contributed by atoms with Crippen LogP contribution in [0.2, 0.25) is 5.02 Å². The summed E-state index contributed by atoms with van der Waals surface area (Å²) in [5, 5.41) is 12.4. The summed E-state index contributed by atoms with van der Waals surface area (Å²) >= 11 is 5.88. The quantitative estimate of drug-likeness (QED) is 0.744. The molecule has 0 aliphatic heterocycles. The van der Waals surface area contributed by atoms with Gasteiger partial charge in [0.25, 0.3) is 5.91 Å². The number of nitrogen functional groups attached to an aromatic ring is 1. The number of carbonyl (C=O) groups is 1. The predicted molar refractivity (Wildman–Crippen MR) is 78.3 cm³/mol. The molecule has 1 aromatic rings. The van der Waals surface area contributed by atoms with Gasteiger partial charge in [-0.2, -0.15) is 0 Å². The molecule has 0 saturated heterocycles. The summed E-state index contributed by atoms with van der Waals surface area (Å²) in [7, 11) is 0. The summed E-state index contributed by atoms with van der Waals surface area (Å²) in [5.41, 5.74) is 6.41. The van der Waals surface area contributed by atoms with E-state index in [2.05, 4.69) is 5.32 Å². The van der Waals surface area contributed by atoms with Gasteiger partial charge in [-0.05, 0) is 30.0 Å². The lowest BCUT2D eigenvalue weighted by Crippen LogP contribution is -2.44. The van der Waals surface area contributed by atoms with Crippen LogP contribution in [0.3, 0.4) is 0 Å². The molecule has 1 rings (SSSR count). The predicted octanol–water partition coefficient (Wildman–Crippen LogP) is 2.45. The highest BCUT2D eigenvalue weighted by Gasteiger charge is 2.26. The minimum absolute atomic E-state index is 0.0277. The molecule has 0 spiro atoms. The van der Waals surface area contributed by atoms with E-state index in [1.807, 2.05) is 20.8 Å². The van der Waals surface area contributed by atoms with E-state index in [9.17, 15) is 4.79 Å². The van der Waals surface area contributed by atoms with E-state index in [0.717, 1.165) is 0 Å². The molecule has 1 aromatic carbocycles. The van der Waals surface area contributed by atoms with Crippen LogP contribution in [0.4, 0.5) is 5.69 Å². The fourth-order valence-corrected chi connectivity index (χ4v) is 2.08. The van der Waals surface area contributed by atoms with Crippen molar-refractivity contribution in [2.45, 2.75) is 33.2 Å².